The molecule has 0 aliphatic heterocycles. The summed E-state index contributed by atoms with van der Waals surface area (Å²) >= 11 is 22.3. The zero-order chi connectivity index (χ0) is 17.0. The van der Waals surface area contributed by atoms with Crippen molar-refractivity contribution >= 4 is 91.6 Å². The molecule has 0 aromatic heterocycles. The highest BCUT2D eigenvalue weighted by Gasteiger charge is 2.34. The number of amides is 1. The van der Waals surface area contributed by atoms with E-state index in [-0.39, 0.29) is 5.91 Å². The summed E-state index contributed by atoms with van der Waals surface area (Å²) in [5.74, 6) is -0.315. The molecular weight excluding hydrogens is 584 g/mol. The topological polar surface area (TPSA) is 41.1 Å². The number of carbonyl (C=O) groups is 1. The highest BCUT2D eigenvalue weighted by Crippen LogP contribution is 2.31. The van der Waals surface area contributed by atoms with Gasteiger partial charge in [0.05, 0.1) is 5.56 Å². The third-order valence-electron chi connectivity index (χ3n) is 2.88. The molecular formula is C15H11Cl3I2N2O. The average molecular weight is 595 g/mol. The molecule has 1 amide bonds. The maximum absolute atomic E-state index is 12.4. The van der Waals surface area contributed by atoms with Crippen LogP contribution in [0, 0.1) is 7.14 Å². The van der Waals surface area contributed by atoms with Gasteiger partial charge in [0.2, 0.25) is 3.79 Å². The van der Waals surface area contributed by atoms with Gasteiger partial charge in [0.15, 0.2) is 0 Å². The van der Waals surface area contributed by atoms with Crippen molar-refractivity contribution < 1.29 is 4.79 Å². The molecule has 2 rings (SSSR count). The second kappa shape index (κ2) is 8.42. The molecule has 0 aliphatic rings. The zero-order valence-electron chi connectivity index (χ0n) is 11.5. The van der Waals surface area contributed by atoms with Crippen LogP contribution >= 0.6 is 80.0 Å². The molecule has 2 aromatic carbocycles. The fourth-order valence-corrected chi connectivity index (χ4v) is 3.09. The van der Waals surface area contributed by atoms with E-state index in [9.17, 15) is 4.79 Å². The van der Waals surface area contributed by atoms with Gasteiger partial charge in [0.25, 0.3) is 5.91 Å². The van der Waals surface area contributed by atoms with Crippen molar-refractivity contribution in [3.63, 3.8) is 0 Å². The average Bonchev–Trinajstić information content (AvgIpc) is 2.48. The van der Waals surface area contributed by atoms with E-state index < -0.39 is 9.96 Å². The second-order valence-electron chi connectivity index (χ2n) is 4.58. The molecule has 8 heteroatoms. The Hall–Kier alpha value is 0.0400. The summed E-state index contributed by atoms with van der Waals surface area (Å²) in [5.41, 5.74) is 1.27. The third kappa shape index (κ3) is 5.81. The molecule has 122 valence electrons. The van der Waals surface area contributed by atoms with Gasteiger partial charge in [-0.1, -0.05) is 46.9 Å². The smallest absolute Gasteiger partial charge is 0.254 e. The van der Waals surface area contributed by atoms with E-state index in [1.165, 1.54) is 0 Å². The zero-order valence-corrected chi connectivity index (χ0v) is 18.1. The third-order valence-corrected chi connectivity index (χ3v) is 5.19. The SMILES string of the molecule is O=C(NC(Nc1ccc(I)cc1)C(Cl)(Cl)Cl)c1ccccc1I. The van der Waals surface area contributed by atoms with Crippen molar-refractivity contribution in [3.05, 3.63) is 61.2 Å². The minimum absolute atomic E-state index is 0.315. The van der Waals surface area contributed by atoms with Gasteiger partial charge in [0.1, 0.15) is 6.17 Å². The molecule has 1 atom stereocenters. The maximum atomic E-state index is 12.4. The number of carbonyl (C=O) groups excluding carboxylic acids is 1. The van der Waals surface area contributed by atoms with Crippen molar-refractivity contribution in [1.29, 1.82) is 0 Å². The summed E-state index contributed by atoms with van der Waals surface area (Å²) in [6, 6.07) is 14.7. The molecule has 1 unspecified atom stereocenters. The molecule has 0 saturated carbocycles. The van der Waals surface area contributed by atoms with E-state index in [1.54, 1.807) is 12.1 Å². The molecule has 2 aromatic rings. The number of nitrogens with one attached hydrogen (secondary N) is 2. The molecule has 0 aliphatic carbocycles. The maximum Gasteiger partial charge on any atom is 0.254 e. The van der Waals surface area contributed by atoms with Crippen LogP contribution in [-0.2, 0) is 0 Å². The van der Waals surface area contributed by atoms with Crippen LogP contribution in [0.3, 0.4) is 0 Å². The first-order chi connectivity index (χ1) is 10.8. The monoisotopic (exact) mass is 594 g/mol. The Morgan fingerprint density at radius 1 is 1.00 bits per heavy atom. The number of anilines is 1. The predicted octanol–water partition coefficient (Wildman–Crippen LogP) is 5.43. The predicted molar refractivity (Wildman–Crippen MR) is 113 cm³/mol. The Morgan fingerprint density at radius 2 is 1.61 bits per heavy atom. The molecule has 3 nitrogen and oxygen atoms in total. The van der Waals surface area contributed by atoms with Gasteiger partial charge in [-0.25, -0.2) is 0 Å². The summed E-state index contributed by atoms with van der Waals surface area (Å²) in [6.45, 7) is 0. The first kappa shape index (κ1) is 19.4. The lowest BCUT2D eigenvalue weighted by Crippen LogP contribution is -2.49. The van der Waals surface area contributed by atoms with Crippen molar-refractivity contribution in [2.75, 3.05) is 5.32 Å². The van der Waals surface area contributed by atoms with Crippen LogP contribution < -0.4 is 10.6 Å². The lowest BCUT2D eigenvalue weighted by molar-refractivity contribution is 0.0941. The van der Waals surface area contributed by atoms with Crippen LogP contribution in [0.4, 0.5) is 5.69 Å². The summed E-state index contributed by atoms with van der Waals surface area (Å²) in [7, 11) is 0. The van der Waals surface area contributed by atoms with Crippen LogP contribution in [0.2, 0.25) is 0 Å². The summed E-state index contributed by atoms with van der Waals surface area (Å²) in [5, 5.41) is 5.76. The van der Waals surface area contributed by atoms with E-state index in [0.29, 0.717) is 5.56 Å². The second-order valence-corrected chi connectivity index (χ2v) is 9.36. The molecule has 0 radical (unpaired) electrons. The molecule has 0 fully saturated rings. The van der Waals surface area contributed by atoms with Gasteiger partial charge in [-0.15, -0.1) is 0 Å². The van der Waals surface area contributed by atoms with Crippen molar-refractivity contribution in [1.82, 2.24) is 5.32 Å². The normalized spacial score (nSPS) is 12.6. The van der Waals surface area contributed by atoms with Crippen LogP contribution in [0.1, 0.15) is 10.4 Å². The largest absolute Gasteiger partial charge is 0.362 e. The van der Waals surface area contributed by atoms with E-state index in [4.69, 9.17) is 34.8 Å². The minimum atomic E-state index is -1.71. The summed E-state index contributed by atoms with van der Waals surface area (Å²) in [4.78, 5) is 12.4. The van der Waals surface area contributed by atoms with E-state index >= 15 is 0 Å². The standard InChI is InChI=1S/C15H11Cl3I2N2O/c16-15(17,18)14(21-10-7-5-9(19)6-8-10)22-13(23)11-3-1-2-4-12(11)20/h1-8,14,21H,(H,22,23). The van der Waals surface area contributed by atoms with Gasteiger partial charge in [-0.3, -0.25) is 4.79 Å². The Bertz CT molecular complexity index is 690. The highest BCUT2D eigenvalue weighted by atomic mass is 127. The fraction of sp³-hybridized carbons (Fsp3) is 0.133. The number of hydrogen-bond acceptors (Lipinski definition) is 2. The molecule has 0 spiro atoms. The Kier molecular flexibility index (Phi) is 7.09. The number of halogens is 5. The van der Waals surface area contributed by atoms with E-state index in [1.807, 2.05) is 36.4 Å². The van der Waals surface area contributed by atoms with Crippen LogP contribution in [0.25, 0.3) is 0 Å². The summed E-state index contributed by atoms with van der Waals surface area (Å²) in [6.07, 6.45) is -0.879. The Balaban J connectivity index is 2.18. The lowest BCUT2D eigenvalue weighted by atomic mass is 10.2. The first-order valence-electron chi connectivity index (χ1n) is 6.41. The van der Waals surface area contributed by atoms with Crippen LogP contribution in [0.5, 0.6) is 0 Å². The van der Waals surface area contributed by atoms with Crippen molar-refractivity contribution in [2.24, 2.45) is 0 Å². The number of hydrogen-bond donors (Lipinski definition) is 2. The number of alkyl halides is 3. The van der Waals surface area contributed by atoms with Gasteiger partial charge in [0, 0.05) is 12.8 Å². The Labute approximate surface area is 176 Å². The minimum Gasteiger partial charge on any atom is -0.362 e. The molecule has 0 saturated heterocycles. The van der Waals surface area contributed by atoms with Crippen molar-refractivity contribution in [3.8, 4) is 0 Å². The number of rotatable bonds is 4. The Morgan fingerprint density at radius 3 is 2.17 bits per heavy atom. The fourth-order valence-electron chi connectivity index (χ4n) is 1.77. The van der Waals surface area contributed by atoms with Crippen molar-refractivity contribution in [2.45, 2.75) is 9.96 Å². The lowest BCUT2D eigenvalue weighted by Gasteiger charge is -2.27. The van der Waals surface area contributed by atoms with Crippen LogP contribution in [0.15, 0.2) is 48.5 Å². The van der Waals surface area contributed by atoms with Gasteiger partial charge < -0.3 is 10.6 Å². The number of benzene rings is 2. The van der Waals surface area contributed by atoms with E-state index in [2.05, 4.69) is 55.8 Å². The van der Waals surface area contributed by atoms with Gasteiger partial charge >= 0.3 is 0 Å². The van der Waals surface area contributed by atoms with Crippen LogP contribution in [-0.4, -0.2) is 15.9 Å². The van der Waals surface area contributed by atoms with Gasteiger partial charge in [-0.05, 0) is 81.6 Å². The molecule has 0 bridgehead atoms. The molecule has 0 heterocycles. The molecule has 2 N–H and O–H groups in total. The molecule has 23 heavy (non-hydrogen) atoms. The van der Waals surface area contributed by atoms with E-state index in [0.717, 1.165) is 12.8 Å². The highest BCUT2D eigenvalue weighted by molar-refractivity contribution is 14.1. The first-order valence-corrected chi connectivity index (χ1v) is 9.71. The van der Waals surface area contributed by atoms with Gasteiger partial charge in [-0.2, -0.15) is 0 Å². The summed E-state index contributed by atoms with van der Waals surface area (Å²) < 4.78 is 0.195. The quantitative estimate of drug-likeness (QED) is 0.281.